The van der Waals surface area contributed by atoms with E-state index in [9.17, 15) is 4.79 Å². The molecule has 0 amide bonds. The highest BCUT2D eigenvalue weighted by atomic mass is 16.4. The van der Waals surface area contributed by atoms with Crippen LogP contribution >= 0.6 is 0 Å². The summed E-state index contributed by atoms with van der Waals surface area (Å²) in [4.78, 5) is 11.1. The van der Waals surface area contributed by atoms with Crippen LogP contribution in [0.1, 0.15) is 43.6 Å². The van der Waals surface area contributed by atoms with Crippen molar-refractivity contribution >= 4 is 5.97 Å². The zero-order chi connectivity index (χ0) is 11.4. The summed E-state index contributed by atoms with van der Waals surface area (Å²) < 4.78 is 1.62. The summed E-state index contributed by atoms with van der Waals surface area (Å²) in [5.41, 5.74) is 1.78. The van der Waals surface area contributed by atoms with E-state index < -0.39 is 12.0 Å². The average Bonchev–Trinajstić information content (AvgIpc) is 2.46. The van der Waals surface area contributed by atoms with Crippen molar-refractivity contribution in [3.05, 3.63) is 17.5 Å². The Balaban J connectivity index is 2.88. The second-order valence-corrected chi connectivity index (χ2v) is 3.87. The Morgan fingerprint density at radius 3 is 2.67 bits per heavy atom. The number of aromatic nitrogens is 2. The van der Waals surface area contributed by atoms with Crippen LogP contribution in [0.2, 0.25) is 0 Å². The van der Waals surface area contributed by atoms with Gasteiger partial charge in [-0.1, -0.05) is 19.8 Å². The third-order valence-corrected chi connectivity index (χ3v) is 2.46. The van der Waals surface area contributed by atoms with E-state index >= 15 is 0 Å². The van der Waals surface area contributed by atoms with Gasteiger partial charge < -0.3 is 5.11 Å². The van der Waals surface area contributed by atoms with Gasteiger partial charge in [0.25, 0.3) is 0 Å². The van der Waals surface area contributed by atoms with Gasteiger partial charge in [-0.25, -0.2) is 4.79 Å². The number of nitrogens with zero attached hydrogens (tertiary/aromatic N) is 2. The molecule has 0 saturated carbocycles. The standard InChI is InChI=1S/C11H18N2O2/c1-4-5-6-10(11(14)15)13-9(3)7-8(2)12-13/h7,10H,4-6H2,1-3H3,(H,14,15). The van der Waals surface area contributed by atoms with Gasteiger partial charge >= 0.3 is 5.97 Å². The highest BCUT2D eigenvalue weighted by Crippen LogP contribution is 2.17. The first-order chi connectivity index (χ1) is 7.06. The highest BCUT2D eigenvalue weighted by molar-refractivity contribution is 5.71. The summed E-state index contributed by atoms with van der Waals surface area (Å²) in [5.74, 6) is -0.797. The second kappa shape index (κ2) is 4.96. The Bertz CT molecular complexity index is 344. The van der Waals surface area contributed by atoms with E-state index in [-0.39, 0.29) is 0 Å². The van der Waals surface area contributed by atoms with Gasteiger partial charge in [0, 0.05) is 5.69 Å². The van der Waals surface area contributed by atoms with Crippen molar-refractivity contribution in [2.24, 2.45) is 0 Å². The third kappa shape index (κ3) is 2.81. The third-order valence-electron chi connectivity index (χ3n) is 2.46. The maximum Gasteiger partial charge on any atom is 0.328 e. The molecular formula is C11H18N2O2. The fourth-order valence-electron chi connectivity index (χ4n) is 1.71. The van der Waals surface area contributed by atoms with Gasteiger partial charge in [-0.15, -0.1) is 0 Å². The van der Waals surface area contributed by atoms with Crippen LogP contribution in [-0.4, -0.2) is 20.9 Å². The molecule has 1 heterocycles. The van der Waals surface area contributed by atoms with Crippen molar-refractivity contribution in [1.82, 2.24) is 9.78 Å². The van der Waals surface area contributed by atoms with E-state index in [2.05, 4.69) is 12.0 Å². The van der Waals surface area contributed by atoms with E-state index in [0.717, 1.165) is 24.2 Å². The van der Waals surface area contributed by atoms with Crippen LogP contribution in [-0.2, 0) is 4.79 Å². The molecule has 0 spiro atoms. The molecule has 0 bridgehead atoms. The van der Waals surface area contributed by atoms with Crippen LogP contribution in [0.5, 0.6) is 0 Å². The van der Waals surface area contributed by atoms with Gasteiger partial charge in [0.05, 0.1) is 5.69 Å². The van der Waals surface area contributed by atoms with Gasteiger partial charge in [-0.05, 0) is 26.3 Å². The minimum absolute atomic E-state index is 0.515. The van der Waals surface area contributed by atoms with Crippen LogP contribution in [0.4, 0.5) is 0 Å². The second-order valence-electron chi connectivity index (χ2n) is 3.87. The molecule has 1 aromatic rings. The van der Waals surface area contributed by atoms with Crippen molar-refractivity contribution in [3.8, 4) is 0 Å². The van der Waals surface area contributed by atoms with Gasteiger partial charge in [-0.2, -0.15) is 5.10 Å². The van der Waals surface area contributed by atoms with Crippen LogP contribution in [0, 0.1) is 13.8 Å². The van der Waals surface area contributed by atoms with Gasteiger partial charge in [0.15, 0.2) is 0 Å². The molecule has 0 aliphatic rings. The first-order valence-electron chi connectivity index (χ1n) is 5.31. The summed E-state index contributed by atoms with van der Waals surface area (Å²) in [7, 11) is 0. The van der Waals surface area contributed by atoms with E-state index in [1.807, 2.05) is 19.9 Å². The van der Waals surface area contributed by atoms with E-state index in [4.69, 9.17) is 5.11 Å². The Morgan fingerprint density at radius 2 is 2.27 bits per heavy atom. The monoisotopic (exact) mass is 210 g/mol. The molecule has 84 valence electrons. The van der Waals surface area contributed by atoms with E-state index in [0.29, 0.717) is 6.42 Å². The molecule has 1 N–H and O–H groups in total. The summed E-state index contributed by atoms with van der Waals surface area (Å²) in [6, 6.07) is 1.39. The largest absolute Gasteiger partial charge is 0.480 e. The summed E-state index contributed by atoms with van der Waals surface area (Å²) >= 11 is 0. The molecule has 15 heavy (non-hydrogen) atoms. The molecule has 1 atom stereocenters. The number of aryl methyl sites for hydroxylation is 2. The summed E-state index contributed by atoms with van der Waals surface area (Å²) in [6.07, 6.45) is 2.56. The van der Waals surface area contributed by atoms with Crippen LogP contribution in [0.15, 0.2) is 6.07 Å². The van der Waals surface area contributed by atoms with Crippen molar-refractivity contribution in [2.75, 3.05) is 0 Å². The lowest BCUT2D eigenvalue weighted by Crippen LogP contribution is -2.21. The maximum atomic E-state index is 11.1. The molecule has 1 rings (SSSR count). The van der Waals surface area contributed by atoms with Gasteiger partial charge in [0.1, 0.15) is 6.04 Å². The number of aliphatic carboxylic acids is 1. The van der Waals surface area contributed by atoms with Gasteiger partial charge in [-0.3, -0.25) is 4.68 Å². The highest BCUT2D eigenvalue weighted by Gasteiger charge is 2.21. The fourth-order valence-corrected chi connectivity index (χ4v) is 1.71. The minimum Gasteiger partial charge on any atom is -0.480 e. The predicted octanol–water partition coefficient (Wildman–Crippen LogP) is 2.32. The fraction of sp³-hybridized carbons (Fsp3) is 0.636. The maximum absolute atomic E-state index is 11.1. The molecule has 0 aromatic carbocycles. The first kappa shape index (κ1) is 11.8. The number of carboxylic acid groups (broad SMARTS) is 1. The summed E-state index contributed by atoms with van der Waals surface area (Å²) in [5, 5.41) is 13.3. The molecule has 4 heteroatoms. The number of carbonyl (C=O) groups is 1. The molecule has 0 radical (unpaired) electrons. The summed E-state index contributed by atoms with van der Waals surface area (Å²) in [6.45, 7) is 5.82. The molecule has 1 aromatic heterocycles. The minimum atomic E-state index is -0.797. The van der Waals surface area contributed by atoms with Crippen LogP contribution in [0.3, 0.4) is 0 Å². The lowest BCUT2D eigenvalue weighted by atomic mass is 10.1. The molecule has 0 aliphatic carbocycles. The average molecular weight is 210 g/mol. The number of hydrogen-bond acceptors (Lipinski definition) is 2. The number of rotatable bonds is 5. The quantitative estimate of drug-likeness (QED) is 0.811. The molecule has 0 aliphatic heterocycles. The topological polar surface area (TPSA) is 55.1 Å². The van der Waals surface area contributed by atoms with E-state index in [1.165, 1.54) is 0 Å². The van der Waals surface area contributed by atoms with Crippen molar-refractivity contribution in [2.45, 2.75) is 46.1 Å². The first-order valence-corrected chi connectivity index (χ1v) is 5.31. The predicted molar refractivity (Wildman–Crippen MR) is 57.9 cm³/mol. The molecule has 1 unspecified atom stereocenters. The molecule has 0 saturated heterocycles. The normalized spacial score (nSPS) is 12.7. The SMILES string of the molecule is CCCCC(C(=O)O)n1nc(C)cc1C. The van der Waals surface area contributed by atoms with E-state index in [1.54, 1.807) is 4.68 Å². The number of carboxylic acids is 1. The lowest BCUT2D eigenvalue weighted by Gasteiger charge is -2.14. The number of hydrogen-bond donors (Lipinski definition) is 1. The zero-order valence-corrected chi connectivity index (χ0v) is 9.53. The Hall–Kier alpha value is -1.32. The molecular weight excluding hydrogens is 192 g/mol. The van der Waals surface area contributed by atoms with Crippen molar-refractivity contribution in [1.29, 1.82) is 0 Å². The smallest absolute Gasteiger partial charge is 0.328 e. The molecule has 0 fully saturated rings. The zero-order valence-electron chi connectivity index (χ0n) is 9.53. The van der Waals surface area contributed by atoms with Crippen molar-refractivity contribution < 1.29 is 9.90 Å². The van der Waals surface area contributed by atoms with Crippen LogP contribution in [0.25, 0.3) is 0 Å². The molecule has 4 nitrogen and oxygen atoms in total. The van der Waals surface area contributed by atoms with Gasteiger partial charge in [0.2, 0.25) is 0 Å². The lowest BCUT2D eigenvalue weighted by molar-refractivity contribution is -0.141. The Morgan fingerprint density at radius 1 is 1.60 bits per heavy atom. The van der Waals surface area contributed by atoms with Crippen LogP contribution < -0.4 is 0 Å². The van der Waals surface area contributed by atoms with Crippen molar-refractivity contribution in [3.63, 3.8) is 0 Å². The Kier molecular flexibility index (Phi) is 3.88. The Labute approximate surface area is 89.9 Å². The number of unbranched alkanes of at least 4 members (excludes halogenated alkanes) is 1.